The van der Waals surface area contributed by atoms with E-state index in [9.17, 15) is 4.79 Å². The van der Waals surface area contributed by atoms with E-state index in [1.807, 2.05) is 42.4 Å². The van der Waals surface area contributed by atoms with Crippen LogP contribution < -0.4 is 0 Å². The van der Waals surface area contributed by atoms with E-state index in [0.29, 0.717) is 6.42 Å². The predicted molar refractivity (Wildman–Crippen MR) is 107 cm³/mol. The summed E-state index contributed by atoms with van der Waals surface area (Å²) < 4.78 is 0. The number of pyridine rings is 1. The van der Waals surface area contributed by atoms with E-state index in [-0.39, 0.29) is 5.91 Å². The average molecular weight is 354 g/mol. The molecule has 1 fully saturated rings. The Labute approximate surface area is 157 Å². The van der Waals surface area contributed by atoms with Gasteiger partial charge in [-0.15, -0.1) is 0 Å². The van der Waals surface area contributed by atoms with Crippen molar-refractivity contribution in [2.75, 3.05) is 33.7 Å². The van der Waals surface area contributed by atoms with Crippen LogP contribution in [-0.2, 0) is 11.2 Å². The maximum absolute atomic E-state index is 12.6. The minimum Gasteiger partial charge on any atom is -0.345 e. The number of hydrogen-bond acceptors (Lipinski definition) is 3. The zero-order valence-electron chi connectivity index (χ0n) is 16.3. The summed E-state index contributed by atoms with van der Waals surface area (Å²) in [4.78, 5) is 21.1. The lowest BCUT2D eigenvalue weighted by Crippen LogP contribution is -2.35. The lowest BCUT2D eigenvalue weighted by molar-refractivity contribution is -0.129. The number of benzene rings is 1. The highest BCUT2D eigenvalue weighted by Gasteiger charge is 2.25. The second-order valence-corrected chi connectivity index (χ2v) is 8.06. The second kappa shape index (κ2) is 8.63. The van der Waals surface area contributed by atoms with Gasteiger partial charge in [-0.05, 0) is 61.7 Å². The molecule has 0 spiro atoms. The molecule has 0 saturated heterocycles. The van der Waals surface area contributed by atoms with Crippen molar-refractivity contribution in [2.45, 2.75) is 32.6 Å². The van der Waals surface area contributed by atoms with E-state index in [1.54, 1.807) is 6.20 Å². The van der Waals surface area contributed by atoms with Gasteiger partial charge in [0.2, 0.25) is 5.91 Å². The van der Waals surface area contributed by atoms with Crippen LogP contribution in [0.4, 0.5) is 0 Å². The van der Waals surface area contributed by atoms with E-state index in [1.165, 1.54) is 19.4 Å². The number of carbonyl (C=O) groups is 1. The van der Waals surface area contributed by atoms with E-state index < -0.39 is 0 Å². The molecule has 3 rings (SSSR count). The fraction of sp³-hybridized carbons (Fsp3) is 0.545. The molecule has 0 bridgehead atoms. The van der Waals surface area contributed by atoms with Crippen molar-refractivity contribution in [2.24, 2.45) is 11.8 Å². The molecule has 0 aliphatic heterocycles. The molecule has 2 aromatic rings. The Kier molecular flexibility index (Phi) is 6.25. The molecule has 1 aliphatic carbocycles. The Bertz CT molecular complexity index is 734. The molecule has 1 aromatic carbocycles. The van der Waals surface area contributed by atoms with E-state index in [2.05, 4.69) is 23.9 Å². The summed E-state index contributed by atoms with van der Waals surface area (Å²) in [5.41, 5.74) is 1.08. The lowest BCUT2D eigenvalue weighted by Gasteiger charge is -2.35. The van der Waals surface area contributed by atoms with Crippen molar-refractivity contribution in [3.8, 4) is 0 Å². The third kappa shape index (κ3) is 4.82. The van der Waals surface area contributed by atoms with Crippen LogP contribution in [-0.4, -0.2) is 54.4 Å². The van der Waals surface area contributed by atoms with Gasteiger partial charge in [-0.3, -0.25) is 9.78 Å². The molecule has 1 heterocycles. The Morgan fingerprint density at radius 1 is 1.19 bits per heavy atom. The predicted octanol–water partition coefficient (Wildman–Crippen LogP) is 3.60. The van der Waals surface area contributed by atoms with E-state index in [0.717, 1.165) is 47.7 Å². The largest absolute Gasteiger partial charge is 0.345 e. The monoisotopic (exact) mass is 353 g/mol. The number of fused-ring (bicyclic) bond motifs is 1. The maximum atomic E-state index is 12.6. The summed E-state index contributed by atoms with van der Waals surface area (Å²) in [6.45, 7) is 5.41. The van der Waals surface area contributed by atoms with Crippen LogP contribution in [0.5, 0.6) is 0 Å². The fourth-order valence-corrected chi connectivity index (χ4v) is 4.09. The quantitative estimate of drug-likeness (QED) is 0.727. The Morgan fingerprint density at radius 3 is 2.77 bits per heavy atom. The molecule has 1 aromatic heterocycles. The van der Waals surface area contributed by atoms with Crippen molar-refractivity contribution in [1.82, 2.24) is 14.8 Å². The first-order chi connectivity index (χ1) is 12.5. The topological polar surface area (TPSA) is 36.4 Å². The van der Waals surface area contributed by atoms with Crippen LogP contribution in [0.15, 0.2) is 36.7 Å². The third-order valence-corrected chi connectivity index (χ3v) is 5.61. The molecule has 0 N–H and O–H groups in total. The van der Waals surface area contributed by atoms with Gasteiger partial charge >= 0.3 is 0 Å². The van der Waals surface area contributed by atoms with Gasteiger partial charge in [-0.25, -0.2) is 0 Å². The van der Waals surface area contributed by atoms with Gasteiger partial charge in [0.25, 0.3) is 0 Å². The molecule has 1 amide bonds. The molecular weight excluding hydrogens is 322 g/mol. The van der Waals surface area contributed by atoms with Crippen LogP contribution in [0.2, 0.25) is 0 Å². The SMILES string of the molecule is CC1CC(CN(C)CCCN(C)C(=O)Cc2cccc3cnccc23)C1. The van der Waals surface area contributed by atoms with Crippen molar-refractivity contribution in [3.63, 3.8) is 0 Å². The molecular formula is C22H31N3O. The highest BCUT2D eigenvalue weighted by Crippen LogP contribution is 2.33. The fourth-order valence-electron chi connectivity index (χ4n) is 4.09. The minimum absolute atomic E-state index is 0.185. The number of aromatic nitrogens is 1. The first kappa shape index (κ1) is 18.8. The number of hydrogen-bond donors (Lipinski definition) is 0. The summed E-state index contributed by atoms with van der Waals surface area (Å²) in [6.07, 6.45) is 7.88. The summed E-state index contributed by atoms with van der Waals surface area (Å²) in [6, 6.07) is 8.08. The van der Waals surface area contributed by atoms with Gasteiger partial charge in [-0.1, -0.05) is 25.1 Å². The number of nitrogens with zero attached hydrogens (tertiary/aromatic N) is 3. The van der Waals surface area contributed by atoms with E-state index >= 15 is 0 Å². The molecule has 4 heteroatoms. The van der Waals surface area contributed by atoms with Crippen LogP contribution >= 0.6 is 0 Å². The molecule has 0 unspecified atom stereocenters. The number of carbonyl (C=O) groups excluding carboxylic acids is 1. The van der Waals surface area contributed by atoms with Crippen LogP contribution in [0.25, 0.3) is 10.8 Å². The summed E-state index contributed by atoms with van der Waals surface area (Å²) in [5, 5.41) is 2.21. The summed E-state index contributed by atoms with van der Waals surface area (Å²) >= 11 is 0. The minimum atomic E-state index is 0.185. The first-order valence-corrected chi connectivity index (χ1v) is 9.77. The number of rotatable bonds is 8. The summed E-state index contributed by atoms with van der Waals surface area (Å²) in [5.74, 6) is 1.99. The third-order valence-electron chi connectivity index (χ3n) is 5.61. The zero-order chi connectivity index (χ0) is 18.5. The first-order valence-electron chi connectivity index (χ1n) is 9.77. The normalized spacial score (nSPS) is 19.5. The van der Waals surface area contributed by atoms with Crippen molar-refractivity contribution >= 4 is 16.7 Å². The highest BCUT2D eigenvalue weighted by atomic mass is 16.2. The molecule has 0 radical (unpaired) electrons. The Morgan fingerprint density at radius 2 is 2.00 bits per heavy atom. The average Bonchev–Trinajstić information content (AvgIpc) is 2.60. The number of amides is 1. The second-order valence-electron chi connectivity index (χ2n) is 8.06. The van der Waals surface area contributed by atoms with Crippen molar-refractivity contribution in [1.29, 1.82) is 0 Å². The molecule has 4 nitrogen and oxygen atoms in total. The van der Waals surface area contributed by atoms with Gasteiger partial charge in [0.05, 0.1) is 6.42 Å². The van der Waals surface area contributed by atoms with Crippen LogP contribution in [0, 0.1) is 11.8 Å². The van der Waals surface area contributed by atoms with Gasteiger partial charge in [0, 0.05) is 37.9 Å². The lowest BCUT2D eigenvalue weighted by atomic mass is 9.76. The summed E-state index contributed by atoms with van der Waals surface area (Å²) in [7, 11) is 4.12. The Balaban J connectivity index is 1.44. The van der Waals surface area contributed by atoms with Crippen LogP contribution in [0.3, 0.4) is 0 Å². The molecule has 1 aliphatic rings. The number of likely N-dealkylation sites (N-methyl/N-ethyl adjacent to an activating group) is 1. The molecule has 26 heavy (non-hydrogen) atoms. The van der Waals surface area contributed by atoms with Gasteiger partial charge in [0.1, 0.15) is 0 Å². The van der Waals surface area contributed by atoms with Crippen molar-refractivity contribution in [3.05, 3.63) is 42.2 Å². The molecule has 1 saturated carbocycles. The van der Waals surface area contributed by atoms with Crippen molar-refractivity contribution < 1.29 is 4.79 Å². The maximum Gasteiger partial charge on any atom is 0.226 e. The Hall–Kier alpha value is -1.94. The van der Waals surface area contributed by atoms with E-state index in [4.69, 9.17) is 0 Å². The van der Waals surface area contributed by atoms with Gasteiger partial charge in [0.15, 0.2) is 0 Å². The highest BCUT2D eigenvalue weighted by molar-refractivity contribution is 5.89. The molecule has 140 valence electrons. The molecule has 0 atom stereocenters. The zero-order valence-corrected chi connectivity index (χ0v) is 16.3. The van der Waals surface area contributed by atoms with Gasteiger partial charge < -0.3 is 9.80 Å². The van der Waals surface area contributed by atoms with Gasteiger partial charge in [-0.2, -0.15) is 0 Å². The van der Waals surface area contributed by atoms with Crippen LogP contribution in [0.1, 0.15) is 31.7 Å². The smallest absolute Gasteiger partial charge is 0.226 e. The standard InChI is InChI=1S/C22H31N3O/c1-17-12-18(13-17)16-24(2)10-5-11-25(3)22(26)14-19-6-4-7-20-15-23-9-8-21(19)20/h4,6-9,15,17-18H,5,10-14,16H2,1-3H3.